The van der Waals surface area contributed by atoms with Crippen LogP contribution in [-0.2, 0) is 9.59 Å². The summed E-state index contributed by atoms with van der Waals surface area (Å²) in [7, 11) is 3.20. The van der Waals surface area contributed by atoms with Crippen LogP contribution in [0.1, 0.15) is 17.3 Å². The smallest absolute Gasteiger partial charge is 0.239 e. The number of benzene rings is 1. The third kappa shape index (κ3) is 5.29. The van der Waals surface area contributed by atoms with Gasteiger partial charge >= 0.3 is 0 Å². The molecular formula is C18H26N4O3. The number of carbonyl (C=O) groups is 3. The van der Waals surface area contributed by atoms with Gasteiger partial charge in [-0.1, -0.05) is 0 Å². The summed E-state index contributed by atoms with van der Waals surface area (Å²) in [6.45, 7) is 5.19. The Morgan fingerprint density at radius 3 is 2.20 bits per heavy atom. The zero-order valence-corrected chi connectivity index (χ0v) is 15.1. The van der Waals surface area contributed by atoms with Gasteiger partial charge in [0.15, 0.2) is 5.78 Å². The molecule has 1 saturated heterocycles. The summed E-state index contributed by atoms with van der Waals surface area (Å²) < 4.78 is 0. The predicted octanol–water partition coefficient (Wildman–Crippen LogP) is 0.216. The van der Waals surface area contributed by atoms with E-state index in [1.807, 2.05) is 24.3 Å². The molecule has 2 amide bonds. The summed E-state index contributed by atoms with van der Waals surface area (Å²) in [4.78, 5) is 40.7. The lowest BCUT2D eigenvalue weighted by Gasteiger charge is -2.36. The summed E-state index contributed by atoms with van der Waals surface area (Å²) in [5.41, 5.74) is 1.81. The number of rotatable bonds is 6. The zero-order valence-electron chi connectivity index (χ0n) is 15.1. The summed E-state index contributed by atoms with van der Waals surface area (Å²) in [5, 5.41) is 2.52. The highest BCUT2D eigenvalue weighted by Crippen LogP contribution is 2.17. The maximum atomic E-state index is 12.2. The fourth-order valence-corrected chi connectivity index (χ4v) is 2.77. The molecule has 1 aromatic rings. The highest BCUT2D eigenvalue weighted by atomic mass is 16.2. The molecule has 1 fully saturated rings. The third-order valence-corrected chi connectivity index (χ3v) is 4.46. The molecule has 7 heteroatoms. The van der Waals surface area contributed by atoms with Gasteiger partial charge in [0.25, 0.3) is 0 Å². The molecule has 0 aromatic heterocycles. The first kappa shape index (κ1) is 18.9. The normalized spacial score (nSPS) is 14.9. The van der Waals surface area contributed by atoms with Crippen molar-refractivity contribution in [3.8, 4) is 0 Å². The number of hydrogen-bond donors (Lipinski definition) is 1. The molecule has 1 N–H and O–H groups in total. The van der Waals surface area contributed by atoms with Gasteiger partial charge in [-0.2, -0.15) is 0 Å². The second-order valence-electron chi connectivity index (χ2n) is 6.29. The number of anilines is 1. The number of likely N-dealkylation sites (N-methyl/N-ethyl adjacent to an activating group) is 2. The van der Waals surface area contributed by atoms with Crippen LogP contribution in [0.3, 0.4) is 0 Å². The van der Waals surface area contributed by atoms with Gasteiger partial charge in [0.05, 0.1) is 13.1 Å². The number of carbonyl (C=O) groups excluding carboxylic acids is 3. The van der Waals surface area contributed by atoms with Crippen LogP contribution in [0.5, 0.6) is 0 Å². The van der Waals surface area contributed by atoms with E-state index in [-0.39, 0.29) is 24.1 Å². The van der Waals surface area contributed by atoms with Crippen molar-refractivity contribution in [1.82, 2.24) is 15.1 Å². The van der Waals surface area contributed by atoms with Gasteiger partial charge in [0, 0.05) is 51.5 Å². The number of ketones is 1. The van der Waals surface area contributed by atoms with E-state index in [0.717, 1.165) is 31.9 Å². The molecule has 136 valence electrons. The van der Waals surface area contributed by atoms with Crippen LogP contribution in [0, 0.1) is 0 Å². The van der Waals surface area contributed by atoms with E-state index in [1.54, 1.807) is 21.0 Å². The lowest BCUT2D eigenvalue weighted by molar-refractivity contribution is -0.135. The zero-order chi connectivity index (χ0) is 18.4. The number of nitrogens with zero attached hydrogens (tertiary/aromatic N) is 3. The second kappa shape index (κ2) is 8.62. The molecule has 1 aliphatic heterocycles. The Balaban J connectivity index is 1.82. The number of Topliss-reactive ketones (excluding diaryl/α,β-unsaturated/α-hetero) is 1. The summed E-state index contributed by atoms with van der Waals surface area (Å²) in [6.07, 6.45) is 0. The minimum Gasteiger partial charge on any atom is -0.369 e. The minimum absolute atomic E-state index is 0.0529. The minimum atomic E-state index is -0.172. The van der Waals surface area contributed by atoms with E-state index in [4.69, 9.17) is 0 Å². The first-order valence-electron chi connectivity index (χ1n) is 8.43. The average Bonchev–Trinajstić information content (AvgIpc) is 2.62. The van der Waals surface area contributed by atoms with Crippen molar-refractivity contribution in [3.63, 3.8) is 0 Å². The van der Waals surface area contributed by atoms with Gasteiger partial charge in [-0.3, -0.25) is 19.3 Å². The van der Waals surface area contributed by atoms with Crippen LogP contribution in [0.25, 0.3) is 0 Å². The largest absolute Gasteiger partial charge is 0.369 e. The van der Waals surface area contributed by atoms with Crippen LogP contribution in [-0.4, -0.2) is 80.8 Å². The molecule has 0 bridgehead atoms. The predicted molar refractivity (Wildman–Crippen MR) is 96.8 cm³/mol. The summed E-state index contributed by atoms with van der Waals surface area (Å²) >= 11 is 0. The molecule has 0 aliphatic carbocycles. The summed E-state index contributed by atoms with van der Waals surface area (Å²) in [5.74, 6) is -0.159. The summed E-state index contributed by atoms with van der Waals surface area (Å²) in [6, 6.07) is 7.63. The first-order valence-corrected chi connectivity index (χ1v) is 8.43. The molecule has 7 nitrogen and oxygen atoms in total. The lowest BCUT2D eigenvalue weighted by Crippen LogP contribution is -2.50. The van der Waals surface area contributed by atoms with Crippen molar-refractivity contribution in [2.75, 3.05) is 58.3 Å². The van der Waals surface area contributed by atoms with Gasteiger partial charge in [-0.15, -0.1) is 0 Å². The Labute approximate surface area is 148 Å². The van der Waals surface area contributed by atoms with Crippen LogP contribution < -0.4 is 10.2 Å². The topological polar surface area (TPSA) is 73.0 Å². The Morgan fingerprint density at radius 1 is 1.08 bits per heavy atom. The van der Waals surface area contributed by atoms with E-state index in [0.29, 0.717) is 12.1 Å². The molecule has 1 heterocycles. The fraction of sp³-hybridized carbons (Fsp3) is 0.500. The molecule has 0 radical (unpaired) electrons. The standard InChI is InChI=1S/C18H26N4O3/c1-14(23)15-4-6-16(7-5-15)22-10-8-21(9-11-22)13-18(25)20(3)12-17(24)19-2/h4-7H,8-13H2,1-3H3,(H,19,24). The van der Waals surface area contributed by atoms with Crippen molar-refractivity contribution in [1.29, 1.82) is 0 Å². The second-order valence-corrected chi connectivity index (χ2v) is 6.29. The molecule has 25 heavy (non-hydrogen) atoms. The van der Waals surface area contributed by atoms with Crippen molar-refractivity contribution in [2.45, 2.75) is 6.92 Å². The Hall–Kier alpha value is -2.41. The molecule has 0 unspecified atom stereocenters. The Bertz CT molecular complexity index is 622. The average molecular weight is 346 g/mol. The van der Waals surface area contributed by atoms with Crippen LogP contribution in [0.4, 0.5) is 5.69 Å². The van der Waals surface area contributed by atoms with E-state index in [9.17, 15) is 14.4 Å². The number of hydrogen-bond acceptors (Lipinski definition) is 5. The number of nitrogens with one attached hydrogen (secondary N) is 1. The Kier molecular flexibility index (Phi) is 6.52. The molecule has 0 atom stereocenters. The van der Waals surface area contributed by atoms with Gasteiger partial charge in [-0.05, 0) is 31.2 Å². The van der Waals surface area contributed by atoms with E-state index >= 15 is 0 Å². The third-order valence-electron chi connectivity index (χ3n) is 4.46. The van der Waals surface area contributed by atoms with Crippen LogP contribution in [0.15, 0.2) is 24.3 Å². The maximum absolute atomic E-state index is 12.2. The van der Waals surface area contributed by atoms with Crippen molar-refractivity contribution >= 4 is 23.3 Å². The van der Waals surface area contributed by atoms with Crippen LogP contribution in [0.2, 0.25) is 0 Å². The van der Waals surface area contributed by atoms with E-state index in [2.05, 4.69) is 15.1 Å². The van der Waals surface area contributed by atoms with E-state index in [1.165, 1.54) is 4.90 Å². The monoisotopic (exact) mass is 346 g/mol. The van der Waals surface area contributed by atoms with Crippen LogP contribution >= 0.6 is 0 Å². The Morgan fingerprint density at radius 2 is 1.68 bits per heavy atom. The molecule has 1 aliphatic rings. The van der Waals surface area contributed by atoms with Gasteiger partial charge < -0.3 is 15.1 Å². The molecule has 0 saturated carbocycles. The van der Waals surface area contributed by atoms with Crippen molar-refractivity contribution in [2.24, 2.45) is 0 Å². The van der Waals surface area contributed by atoms with Gasteiger partial charge in [0.2, 0.25) is 11.8 Å². The highest BCUT2D eigenvalue weighted by Gasteiger charge is 2.21. The molecule has 2 rings (SSSR count). The SMILES string of the molecule is CNC(=O)CN(C)C(=O)CN1CCN(c2ccc(C(C)=O)cc2)CC1. The van der Waals surface area contributed by atoms with E-state index < -0.39 is 0 Å². The number of amides is 2. The molecule has 1 aromatic carbocycles. The number of piperazine rings is 1. The quantitative estimate of drug-likeness (QED) is 0.746. The lowest BCUT2D eigenvalue weighted by atomic mass is 10.1. The van der Waals surface area contributed by atoms with Gasteiger partial charge in [0.1, 0.15) is 0 Å². The fourth-order valence-electron chi connectivity index (χ4n) is 2.77. The highest BCUT2D eigenvalue weighted by molar-refractivity contribution is 5.94. The molecule has 0 spiro atoms. The van der Waals surface area contributed by atoms with Crippen molar-refractivity contribution < 1.29 is 14.4 Å². The maximum Gasteiger partial charge on any atom is 0.239 e. The van der Waals surface area contributed by atoms with Gasteiger partial charge in [-0.25, -0.2) is 0 Å². The first-order chi connectivity index (χ1) is 11.9. The van der Waals surface area contributed by atoms with Crippen molar-refractivity contribution in [3.05, 3.63) is 29.8 Å². The molecular weight excluding hydrogens is 320 g/mol.